The highest BCUT2D eigenvalue weighted by atomic mass is 35.5. The van der Waals surface area contributed by atoms with Gasteiger partial charge in [0.25, 0.3) is 5.91 Å². The molecule has 7 heteroatoms. The standard InChI is InChI=1S/C23H29ClN2O4/c1-7-13-26(22(28)17-11-9-10-12-18(17)24)16(5)21(27)19-14(3)20(23(29)30-6)25(8-2)15(19)4/h9-12,16H,7-8,13H2,1-6H3. The third-order valence-electron chi connectivity index (χ3n) is 5.38. The van der Waals surface area contributed by atoms with E-state index in [1.54, 1.807) is 47.6 Å². The van der Waals surface area contributed by atoms with Gasteiger partial charge in [0.05, 0.1) is 23.7 Å². The zero-order chi connectivity index (χ0) is 22.6. The van der Waals surface area contributed by atoms with E-state index in [1.165, 1.54) is 7.11 Å². The molecule has 1 amide bonds. The molecule has 0 aliphatic carbocycles. The largest absolute Gasteiger partial charge is 0.464 e. The number of amides is 1. The summed E-state index contributed by atoms with van der Waals surface area (Å²) in [5.41, 5.74) is 2.45. The summed E-state index contributed by atoms with van der Waals surface area (Å²) in [6.45, 7) is 10.1. The predicted octanol–water partition coefficient (Wildman–Crippen LogP) is 4.69. The SMILES string of the molecule is CCCN(C(=O)c1ccccc1Cl)C(C)C(=O)c1c(C)c(C(=O)OC)n(CC)c1C. The van der Waals surface area contributed by atoms with Crippen LogP contribution in [0.15, 0.2) is 24.3 Å². The maximum atomic E-state index is 13.5. The number of halogens is 1. The maximum Gasteiger partial charge on any atom is 0.354 e. The van der Waals surface area contributed by atoms with Crippen LogP contribution >= 0.6 is 11.6 Å². The molecule has 2 rings (SSSR count). The summed E-state index contributed by atoms with van der Waals surface area (Å²) in [5, 5.41) is 0.348. The summed E-state index contributed by atoms with van der Waals surface area (Å²) < 4.78 is 6.69. The summed E-state index contributed by atoms with van der Waals surface area (Å²) in [5.74, 6) is -0.986. The number of hydrogen-bond donors (Lipinski definition) is 0. The first-order valence-corrected chi connectivity index (χ1v) is 10.5. The van der Waals surface area contributed by atoms with E-state index in [9.17, 15) is 14.4 Å². The molecule has 0 N–H and O–H groups in total. The van der Waals surface area contributed by atoms with E-state index in [2.05, 4.69) is 0 Å². The Morgan fingerprint density at radius 3 is 2.33 bits per heavy atom. The predicted molar refractivity (Wildman–Crippen MR) is 117 cm³/mol. The number of carbonyl (C=O) groups is 3. The number of rotatable bonds is 8. The third kappa shape index (κ3) is 4.29. The molecule has 0 fully saturated rings. The number of esters is 1. The second-order valence-corrected chi connectivity index (χ2v) is 7.60. The zero-order valence-corrected chi connectivity index (χ0v) is 19.2. The van der Waals surface area contributed by atoms with Crippen molar-refractivity contribution in [1.82, 2.24) is 9.47 Å². The van der Waals surface area contributed by atoms with Crippen LogP contribution in [0.4, 0.5) is 0 Å². The van der Waals surface area contributed by atoms with Gasteiger partial charge in [-0.15, -0.1) is 0 Å². The van der Waals surface area contributed by atoms with E-state index in [0.29, 0.717) is 52.6 Å². The minimum atomic E-state index is -0.718. The molecule has 0 bridgehead atoms. The first kappa shape index (κ1) is 23.7. The van der Waals surface area contributed by atoms with Crippen molar-refractivity contribution < 1.29 is 19.1 Å². The lowest BCUT2D eigenvalue weighted by Gasteiger charge is -2.28. The van der Waals surface area contributed by atoms with E-state index in [0.717, 1.165) is 0 Å². The van der Waals surface area contributed by atoms with Gasteiger partial charge in [-0.3, -0.25) is 9.59 Å². The van der Waals surface area contributed by atoms with Crippen molar-refractivity contribution >= 4 is 29.3 Å². The van der Waals surface area contributed by atoms with Crippen LogP contribution in [0.25, 0.3) is 0 Å². The molecule has 1 aromatic carbocycles. The number of benzene rings is 1. The summed E-state index contributed by atoms with van der Waals surface area (Å²) >= 11 is 6.22. The van der Waals surface area contributed by atoms with Crippen molar-refractivity contribution in [3.8, 4) is 0 Å². The Bertz CT molecular complexity index is 964. The lowest BCUT2D eigenvalue weighted by molar-refractivity contribution is 0.0586. The second kappa shape index (κ2) is 9.94. The molecular formula is C23H29ClN2O4. The van der Waals surface area contributed by atoms with Crippen LogP contribution in [0.1, 0.15) is 69.7 Å². The number of hydrogen-bond acceptors (Lipinski definition) is 4. The zero-order valence-electron chi connectivity index (χ0n) is 18.4. The molecule has 0 spiro atoms. The highest BCUT2D eigenvalue weighted by molar-refractivity contribution is 6.33. The Kier molecular flexibility index (Phi) is 7.84. The Morgan fingerprint density at radius 1 is 1.17 bits per heavy atom. The number of carbonyl (C=O) groups excluding carboxylic acids is 3. The quantitative estimate of drug-likeness (QED) is 0.448. The molecule has 0 radical (unpaired) electrons. The molecular weight excluding hydrogens is 404 g/mol. The van der Waals surface area contributed by atoms with E-state index in [-0.39, 0.29) is 11.7 Å². The summed E-state index contributed by atoms with van der Waals surface area (Å²) in [6.07, 6.45) is 0.690. The highest BCUT2D eigenvalue weighted by Gasteiger charge is 2.33. The van der Waals surface area contributed by atoms with Gasteiger partial charge >= 0.3 is 5.97 Å². The van der Waals surface area contributed by atoms with Gasteiger partial charge in [0.2, 0.25) is 0 Å². The summed E-state index contributed by atoms with van der Waals surface area (Å²) in [6, 6.07) is 6.10. The van der Waals surface area contributed by atoms with E-state index >= 15 is 0 Å². The Morgan fingerprint density at radius 2 is 1.80 bits per heavy atom. The normalized spacial score (nSPS) is 11.8. The molecule has 6 nitrogen and oxygen atoms in total. The summed E-state index contributed by atoms with van der Waals surface area (Å²) in [4.78, 5) is 40.6. The van der Waals surface area contributed by atoms with Gasteiger partial charge in [0.1, 0.15) is 5.69 Å². The van der Waals surface area contributed by atoms with E-state index in [4.69, 9.17) is 16.3 Å². The Balaban J connectivity index is 2.50. The van der Waals surface area contributed by atoms with Crippen LogP contribution < -0.4 is 0 Å². The van der Waals surface area contributed by atoms with Crippen LogP contribution in [0.5, 0.6) is 0 Å². The monoisotopic (exact) mass is 432 g/mol. The average Bonchev–Trinajstić information content (AvgIpc) is 2.99. The molecule has 30 heavy (non-hydrogen) atoms. The molecule has 0 saturated carbocycles. The van der Waals surface area contributed by atoms with Crippen LogP contribution in [-0.2, 0) is 11.3 Å². The molecule has 1 unspecified atom stereocenters. The molecule has 0 saturated heterocycles. The average molecular weight is 433 g/mol. The number of aromatic nitrogens is 1. The van der Waals surface area contributed by atoms with Gasteiger partial charge in [-0.05, 0) is 51.8 Å². The van der Waals surface area contributed by atoms with Gasteiger partial charge in [0, 0.05) is 24.3 Å². The minimum Gasteiger partial charge on any atom is -0.464 e. The molecule has 162 valence electrons. The molecule has 1 heterocycles. The highest BCUT2D eigenvalue weighted by Crippen LogP contribution is 2.27. The molecule has 0 aliphatic heterocycles. The van der Waals surface area contributed by atoms with Crippen molar-refractivity contribution in [2.75, 3.05) is 13.7 Å². The van der Waals surface area contributed by atoms with Crippen molar-refractivity contribution in [1.29, 1.82) is 0 Å². The maximum absolute atomic E-state index is 13.5. The van der Waals surface area contributed by atoms with Crippen LogP contribution in [0.3, 0.4) is 0 Å². The summed E-state index contributed by atoms with van der Waals surface area (Å²) in [7, 11) is 1.32. The fourth-order valence-electron chi connectivity index (χ4n) is 3.86. The molecule has 1 aromatic heterocycles. The van der Waals surface area contributed by atoms with Crippen molar-refractivity contribution in [3.05, 3.63) is 57.4 Å². The van der Waals surface area contributed by atoms with Crippen molar-refractivity contribution in [2.45, 2.75) is 53.6 Å². The molecule has 2 aromatic rings. The smallest absolute Gasteiger partial charge is 0.354 e. The second-order valence-electron chi connectivity index (χ2n) is 7.19. The van der Waals surface area contributed by atoms with Crippen molar-refractivity contribution in [3.63, 3.8) is 0 Å². The van der Waals surface area contributed by atoms with Gasteiger partial charge in [0.15, 0.2) is 5.78 Å². The number of Topliss-reactive ketones (excluding diaryl/α,β-unsaturated/α-hetero) is 1. The topological polar surface area (TPSA) is 68.6 Å². The van der Waals surface area contributed by atoms with E-state index in [1.807, 2.05) is 20.8 Å². The number of ketones is 1. The number of ether oxygens (including phenoxy) is 1. The van der Waals surface area contributed by atoms with Gasteiger partial charge < -0.3 is 14.2 Å². The van der Waals surface area contributed by atoms with Gasteiger partial charge in [-0.1, -0.05) is 30.7 Å². The fraction of sp³-hybridized carbons (Fsp3) is 0.435. The first-order valence-electron chi connectivity index (χ1n) is 10.1. The number of methoxy groups -OCH3 is 1. The molecule has 1 atom stereocenters. The van der Waals surface area contributed by atoms with Crippen LogP contribution in [0.2, 0.25) is 5.02 Å². The fourth-order valence-corrected chi connectivity index (χ4v) is 4.08. The lowest BCUT2D eigenvalue weighted by atomic mass is 9.99. The van der Waals surface area contributed by atoms with Crippen LogP contribution in [-0.4, -0.2) is 46.8 Å². The number of nitrogens with zero attached hydrogens (tertiary/aromatic N) is 2. The van der Waals surface area contributed by atoms with Gasteiger partial charge in [-0.2, -0.15) is 0 Å². The minimum absolute atomic E-state index is 0.212. The van der Waals surface area contributed by atoms with Gasteiger partial charge in [-0.25, -0.2) is 4.79 Å². The Hall–Kier alpha value is -2.60. The van der Waals surface area contributed by atoms with Crippen molar-refractivity contribution in [2.24, 2.45) is 0 Å². The third-order valence-corrected chi connectivity index (χ3v) is 5.71. The molecule has 0 aliphatic rings. The first-order chi connectivity index (χ1) is 14.2. The lowest BCUT2D eigenvalue weighted by Crippen LogP contribution is -2.44. The Labute approximate surface area is 182 Å². The van der Waals surface area contributed by atoms with Crippen LogP contribution in [0, 0.1) is 13.8 Å². The van der Waals surface area contributed by atoms with E-state index < -0.39 is 12.0 Å².